The predicted molar refractivity (Wildman–Crippen MR) is 118 cm³/mol. The van der Waals surface area contributed by atoms with E-state index in [4.69, 9.17) is 4.74 Å². The van der Waals surface area contributed by atoms with Crippen molar-refractivity contribution in [3.8, 4) is 5.75 Å². The number of aryl methyl sites for hydroxylation is 2. The van der Waals surface area contributed by atoms with Crippen LogP contribution in [0.5, 0.6) is 5.75 Å². The van der Waals surface area contributed by atoms with Gasteiger partial charge in [0.25, 0.3) is 5.78 Å². The van der Waals surface area contributed by atoms with Crippen molar-refractivity contribution < 1.29 is 9.84 Å². The lowest BCUT2D eigenvalue weighted by atomic mass is 9.78. The normalized spacial score (nSPS) is 26.3. The molecular formula is C24H31N5O2. The van der Waals surface area contributed by atoms with E-state index in [2.05, 4.69) is 39.9 Å². The third kappa shape index (κ3) is 4.29. The summed E-state index contributed by atoms with van der Waals surface area (Å²) in [5.41, 5.74) is 3.58. The van der Waals surface area contributed by atoms with E-state index in [0.717, 1.165) is 51.1 Å². The van der Waals surface area contributed by atoms with Crippen LogP contribution in [0, 0.1) is 25.7 Å². The second-order valence-electron chi connectivity index (χ2n) is 9.24. The van der Waals surface area contributed by atoms with Crippen LogP contribution in [0.15, 0.2) is 36.9 Å². The monoisotopic (exact) mass is 421 g/mol. The molecule has 1 aliphatic carbocycles. The van der Waals surface area contributed by atoms with Crippen LogP contribution in [0.2, 0.25) is 0 Å². The number of hydrogen-bond acceptors (Lipinski definition) is 6. The average Bonchev–Trinajstić information content (AvgIpc) is 3.37. The van der Waals surface area contributed by atoms with E-state index in [1.54, 1.807) is 4.52 Å². The van der Waals surface area contributed by atoms with Gasteiger partial charge in [-0.3, -0.25) is 0 Å². The minimum Gasteiger partial charge on any atom is -0.487 e. The van der Waals surface area contributed by atoms with Crippen LogP contribution in [-0.4, -0.2) is 61.4 Å². The summed E-state index contributed by atoms with van der Waals surface area (Å²) in [5, 5.41) is 14.9. The fourth-order valence-corrected chi connectivity index (χ4v) is 5.21. The summed E-state index contributed by atoms with van der Waals surface area (Å²) in [4.78, 5) is 11.0. The number of aromatic nitrogens is 4. The summed E-state index contributed by atoms with van der Waals surface area (Å²) in [6.45, 7) is 7.45. The molecule has 7 heteroatoms. The lowest BCUT2D eigenvalue weighted by molar-refractivity contribution is -0.0234. The Morgan fingerprint density at radius 1 is 1.13 bits per heavy atom. The van der Waals surface area contributed by atoms with E-state index in [0.29, 0.717) is 17.6 Å². The quantitative estimate of drug-likeness (QED) is 0.660. The van der Waals surface area contributed by atoms with Gasteiger partial charge >= 0.3 is 0 Å². The van der Waals surface area contributed by atoms with E-state index < -0.39 is 0 Å². The van der Waals surface area contributed by atoms with Crippen LogP contribution in [0.3, 0.4) is 0 Å². The Morgan fingerprint density at radius 3 is 2.84 bits per heavy atom. The summed E-state index contributed by atoms with van der Waals surface area (Å²) < 4.78 is 8.03. The summed E-state index contributed by atoms with van der Waals surface area (Å²) in [6, 6.07) is 6.15. The fraction of sp³-hybridized carbons (Fsp3) is 0.542. The Bertz CT molecular complexity index is 1050. The summed E-state index contributed by atoms with van der Waals surface area (Å²) in [5.74, 6) is 2.73. The molecule has 0 amide bonds. The first kappa shape index (κ1) is 20.4. The molecule has 0 radical (unpaired) electrons. The molecule has 1 saturated carbocycles. The Labute approximate surface area is 183 Å². The smallest absolute Gasteiger partial charge is 0.252 e. The Hall–Kier alpha value is -2.51. The number of benzene rings is 1. The highest BCUT2D eigenvalue weighted by Crippen LogP contribution is 2.38. The predicted octanol–water partition coefficient (Wildman–Crippen LogP) is 2.82. The van der Waals surface area contributed by atoms with Crippen molar-refractivity contribution >= 4 is 5.78 Å². The second-order valence-corrected chi connectivity index (χ2v) is 9.24. The molecule has 0 spiro atoms. The molecule has 1 N–H and O–H groups in total. The molecule has 0 unspecified atom stereocenters. The molecule has 1 aromatic carbocycles. The maximum Gasteiger partial charge on any atom is 0.252 e. The second kappa shape index (κ2) is 8.55. The molecule has 1 aliphatic heterocycles. The van der Waals surface area contributed by atoms with Gasteiger partial charge in [-0.25, -0.2) is 9.50 Å². The summed E-state index contributed by atoms with van der Waals surface area (Å²) in [6.07, 6.45) is 8.80. The molecule has 2 aromatic heterocycles. The van der Waals surface area contributed by atoms with Gasteiger partial charge in [-0.1, -0.05) is 12.1 Å². The highest BCUT2D eigenvalue weighted by Gasteiger charge is 2.42. The van der Waals surface area contributed by atoms with E-state index in [9.17, 15) is 5.11 Å². The van der Waals surface area contributed by atoms with Gasteiger partial charge in [-0.15, -0.1) is 0 Å². The minimum absolute atomic E-state index is 0.109. The lowest BCUT2D eigenvalue weighted by Gasteiger charge is -2.35. The third-order valence-electron chi connectivity index (χ3n) is 7.12. The Balaban J connectivity index is 1.14. The standard InChI is InChI=1S/C24H31N5O2/c1-16-5-3-7-22(17(16)2)31-23-10-20-14-28(13-19(20)9-21(23)30)8-4-6-18-11-25-24-26-15-27-29(24)12-18/h3,5,7,11-12,15,19-21,23,30H,4,6,8-10,13-14H2,1-2H3/t19-,20+,21+,23+/m0/s1. The maximum atomic E-state index is 10.8. The average molecular weight is 422 g/mol. The Kier molecular flexibility index (Phi) is 5.63. The molecule has 3 heterocycles. The van der Waals surface area contributed by atoms with Gasteiger partial charge in [-0.2, -0.15) is 10.1 Å². The highest BCUT2D eigenvalue weighted by atomic mass is 16.5. The number of fused-ring (bicyclic) bond motifs is 2. The van der Waals surface area contributed by atoms with Crippen molar-refractivity contribution in [2.75, 3.05) is 19.6 Å². The molecule has 3 aromatic rings. The van der Waals surface area contributed by atoms with Crippen LogP contribution in [-0.2, 0) is 6.42 Å². The molecule has 31 heavy (non-hydrogen) atoms. The molecule has 2 aliphatic rings. The van der Waals surface area contributed by atoms with Crippen molar-refractivity contribution in [1.82, 2.24) is 24.5 Å². The molecule has 5 rings (SSSR count). The zero-order valence-electron chi connectivity index (χ0n) is 18.3. The first-order chi connectivity index (χ1) is 15.1. The summed E-state index contributed by atoms with van der Waals surface area (Å²) in [7, 11) is 0. The van der Waals surface area contributed by atoms with E-state index >= 15 is 0 Å². The number of aliphatic hydroxyl groups is 1. The van der Waals surface area contributed by atoms with Gasteiger partial charge in [0.2, 0.25) is 0 Å². The molecular weight excluding hydrogens is 390 g/mol. The molecule has 2 fully saturated rings. The first-order valence-electron chi connectivity index (χ1n) is 11.3. The van der Waals surface area contributed by atoms with E-state index in [-0.39, 0.29) is 12.2 Å². The first-order valence-corrected chi connectivity index (χ1v) is 11.3. The Morgan fingerprint density at radius 2 is 1.97 bits per heavy atom. The topological polar surface area (TPSA) is 75.8 Å². The van der Waals surface area contributed by atoms with Gasteiger partial charge in [0.1, 0.15) is 18.2 Å². The number of nitrogens with zero attached hydrogens (tertiary/aromatic N) is 5. The van der Waals surface area contributed by atoms with Crippen molar-refractivity contribution in [3.05, 3.63) is 53.6 Å². The molecule has 7 nitrogen and oxygen atoms in total. The van der Waals surface area contributed by atoms with Gasteiger partial charge in [0.15, 0.2) is 0 Å². The van der Waals surface area contributed by atoms with Crippen LogP contribution in [0.25, 0.3) is 5.78 Å². The number of hydrogen-bond donors (Lipinski definition) is 1. The van der Waals surface area contributed by atoms with Crippen LogP contribution in [0.1, 0.15) is 36.0 Å². The molecule has 164 valence electrons. The highest BCUT2D eigenvalue weighted by molar-refractivity contribution is 5.38. The van der Waals surface area contributed by atoms with Gasteiger partial charge in [0, 0.05) is 25.5 Å². The third-order valence-corrected chi connectivity index (χ3v) is 7.12. The van der Waals surface area contributed by atoms with E-state index in [1.165, 1.54) is 23.0 Å². The maximum absolute atomic E-state index is 10.8. The number of rotatable bonds is 6. The molecule has 1 saturated heterocycles. The summed E-state index contributed by atoms with van der Waals surface area (Å²) >= 11 is 0. The zero-order valence-corrected chi connectivity index (χ0v) is 18.3. The van der Waals surface area contributed by atoms with Crippen molar-refractivity contribution in [3.63, 3.8) is 0 Å². The van der Waals surface area contributed by atoms with Crippen molar-refractivity contribution in [1.29, 1.82) is 0 Å². The van der Waals surface area contributed by atoms with E-state index in [1.807, 2.05) is 24.5 Å². The zero-order chi connectivity index (χ0) is 21.4. The molecule has 4 atom stereocenters. The largest absolute Gasteiger partial charge is 0.487 e. The van der Waals surface area contributed by atoms with Crippen molar-refractivity contribution in [2.24, 2.45) is 11.8 Å². The van der Waals surface area contributed by atoms with Gasteiger partial charge in [-0.05, 0) is 80.7 Å². The van der Waals surface area contributed by atoms with Crippen LogP contribution >= 0.6 is 0 Å². The van der Waals surface area contributed by atoms with Gasteiger partial charge < -0.3 is 14.7 Å². The SMILES string of the molecule is Cc1cccc(O[C@@H]2C[C@@H]3CN(CCCc4cnc5ncnn5c4)C[C@@H]3C[C@H]2O)c1C. The minimum atomic E-state index is -0.387. The number of ether oxygens (including phenoxy) is 1. The lowest BCUT2D eigenvalue weighted by Crippen LogP contribution is -2.42. The van der Waals surface area contributed by atoms with Crippen molar-refractivity contribution in [2.45, 2.75) is 51.7 Å². The number of likely N-dealkylation sites (tertiary alicyclic amines) is 1. The molecule has 0 bridgehead atoms. The van der Waals surface area contributed by atoms with Crippen LogP contribution < -0.4 is 4.74 Å². The number of aliphatic hydroxyl groups excluding tert-OH is 1. The van der Waals surface area contributed by atoms with Gasteiger partial charge in [0.05, 0.1) is 6.10 Å². The van der Waals surface area contributed by atoms with Crippen LogP contribution in [0.4, 0.5) is 0 Å². The fourth-order valence-electron chi connectivity index (χ4n) is 5.21.